The lowest BCUT2D eigenvalue weighted by Gasteiger charge is -2.20. The molecule has 1 N–H and O–H groups in total. The Hall–Kier alpha value is -1.64. The molecule has 2 aromatic carbocycles. The number of aliphatic hydroxyl groups is 1. The highest BCUT2D eigenvalue weighted by Gasteiger charge is 2.11. The zero-order chi connectivity index (χ0) is 15.2. The molecule has 2 heteroatoms. The lowest BCUT2D eigenvalue weighted by atomic mass is 10.0. The molecule has 0 saturated heterocycles. The van der Waals surface area contributed by atoms with Gasteiger partial charge < -0.3 is 10.0 Å². The summed E-state index contributed by atoms with van der Waals surface area (Å²) in [6, 6.07) is 16.5. The first-order valence-electron chi connectivity index (χ1n) is 7.54. The van der Waals surface area contributed by atoms with Crippen LogP contribution >= 0.6 is 0 Å². The van der Waals surface area contributed by atoms with Crippen LogP contribution in [0.25, 0.3) is 0 Å². The Morgan fingerprint density at radius 2 is 1.57 bits per heavy atom. The van der Waals surface area contributed by atoms with E-state index in [4.69, 9.17) is 0 Å². The molecule has 0 aliphatic carbocycles. The van der Waals surface area contributed by atoms with Crippen LogP contribution in [-0.2, 0) is 6.54 Å². The van der Waals surface area contributed by atoms with Gasteiger partial charge in [0.1, 0.15) is 0 Å². The maximum Gasteiger partial charge on any atom is 0.0804 e. The van der Waals surface area contributed by atoms with Crippen molar-refractivity contribution in [3.8, 4) is 0 Å². The van der Waals surface area contributed by atoms with Gasteiger partial charge in [-0.05, 0) is 49.6 Å². The van der Waals surface area contributed by atoms with Crippen molar-refractivity contribution in [2.24, 2.45) is 0 Å². The summed E-state index contributed by atoms with van der Waals surface area (Å²) in [4.78, 5) is 2.27. The monoisotopic (exact) mass is 283 g/mol. The zero-order valence-corrected chi connectivity index (χ0v) is 13.2. The van der Waals surface area contributed by atoms with Crippen molar-refractivity contribution in [3.05, 3.63) is 70.8 Å². The van der Waals surface area contributed by atoms with Crippen LogP contribution in [0.4, 0.5) is 0 Å². The Morgan fingerprint density at radius 3 is 2.24 bits per heavy atom. The van der Waals surface area contributed by atoms with Crippen molar-refractivity contribution < 1.29 is 5.11 Å². The highest BCUT2D eigenvalue weighted by Crippen LogP contribution is 2.20. The molecule has 0 radical (unpaired) electrons. The smallest absolute Gasteiger partial charge is 0.0804 e. The van der Waals surface area contributed by atoms with Crippen molar-refractivity contribution in [1.82, 2.24) is 4.90 Å². The Bertz CT molecular complexity index is 579. The van der Waals surface area contributed by atoms with Gasteiger partial charge in [0.2, 0.25) is 0 Å². The van der Waals surface area contributed by atoms with E-state index in [1.165, 1.54) is 11.1 Å². The van der Waals surface area contributed by atoms with Crippen LogP contribution in [0, 0.1) is 13.8 Å². The predicted octanol–water partition coefficient (Wildman–Crippen LogP) is 3.86. The Kier molecular flexibility index (Phi) is 5.54. The topological polar surface area (TPSA) is 23.5 Å². The summed E-state index contributed by atoms with van der Waals surface area (Å²) in [5, 5.41) is 10.3. The van der Waals surface area contributed by atoms with Gasteiger partial charge in [0.05, 0.1) is 6.10 Å². The molecular weight excluding hydrogens is 258 g/mol. The van der Waals surface area contributed by atoms with Crippen LogP contribution in [0.15, 0.2) is 48.5 Å². The summed E-state index contributed by atoms with van der Waals surface area (Å²) in [7, 11) is 2.11. The van der Waals surface area contributed by atoms with E-state index in [-0.39, 0.29) is 6.10 Å². The Labute approximate surface area is 128 Å². The third-order valence-corrected chi connectivity index (χ3v) is 4.03. The van der Waals surface area contributed by atoms with Crippen molar-refractivity contribution in [1.29, 1.82) is 0 Å². The van der Waals surface area contributed by atoms with Gasteiger partial charge in [-0.3, -0.25) is 0 Å². The summed E-state index contributed by atoms with van der Waals surface area (Å²) < 4.78 is 0. The quantitative estimate of drug-likeness (QED) is 0.870. The zero-order valence-electron chi connectivity index (χ0n) is 13.2. The van der Waals surface area contributed by atoms with E-state index >= 15 is 0 Å². The first-order valence-corrected chi connectivity index (χ1v) is 7.54. The van der Waals surface area contributed by atoms with E-state index in [2.05, 4.69) is 56.1 Å². The summed E-state index contributed by atoms with van der Waals surface area (Å²) in [6.07, 6.45) is 0.373. The Balaban J connectivity index is 1.88. The van der Waals surface area contributed by atoms with Crippen LogP contribution in [-0.4, -0.2) is 23.6 Å². The first-order chi connectivity index (χ1) is 10.1. The lowest BCUT2D eigenvalue weighted by Crippen LogP contribution is -2.21. The van der Waals surface area contributed by atoms with Crippen LogP contribution < -0.4 is 0 Å². The third-order valence-electron chi connectivity index (χ3n) is 4.03. The second-order valence-corrected chi connectivity index (χ2v) is 5.83. The molecule has 1 atom stereocenters. The number of benzene rings is 2. The minimum Gasteiger partial charge on any atom is -0.388 e. The second-order valence-electron chi connectivity index (χ2n) is 5.83. The second kappa shape index (κ2) is 7.39. The molecule has 0 amide bonds. The van der Waals surface area contributed by atoms with Gasteiger partial charge in [-0.2, -0.15) is 0 Å². The molecule has 0 aromatic heterocycles. The normalized spacial score (nSPS) is 12.6. The van der Waals surface area contributed by atoms with E-state index in [0.29, 0.717) is 0 Å². The minimum atomic E-state index is -0.384. The average molecular weight is 283 g/mol. The number of nitrogens with zero attached hydrogens (tertiary/aromatic N) is 1. The van der Waals surface area contributed by atoms with Crippen LogP contribution in [0.5, 0.6) is 0 Å². The number of aliphatic hydroxyl groups excluding tert-OH is 1. The molecule has 0 spiro atoms. The molecule has 0 aliphatic rings. The van der Waals surface area contributed by atoms with Gasteiger partial charge in [0.25, 0.3) is 0 Å². The molecule has 112 valence electrons. The van der Waals surface area contributed by atoms with Crippen LogP contribution in [0.3, 0.4) is 0 Å². The molecule has 0 saturated carbocycles. The number of aryl methyl sites for hydroxylation is 2. The largest absolute Gasteiger partial charge is 0.388 e. The number of hydrogen-bond acceptors (Lipinski definition) is 2. The molecular formula is C19H25NO. The van der Waals surface area contributed by atoms with Gasteiger partial charge in [-0.25, -0.2) is 0 Å². The summed E-state index contributed by atoms with van der Waals surface area (Å²) in [6.45, 7) is 6.00. The highest BCUT2D eigenvalue weighted by molar-refractivity contribution is 5.27. The fraction of sp³-hybridized carbons (Fsp3) is 0.368. The third kappa shape index (κ3) is 4.42. The van der Waals surface area contributed by atoms with Gasteiger partial charge >= 0.3 is 0 Å². The fourth-order valence-corrected chi connectivity index (χ4v) is 2.62. The van der Waals surface area contributed by atoms with Crippen molar-refractivity contribution in [3.63, 3.8) is 0 Å². The minimum absolute atomic E-state index is 0.384. The molecule has 2 aromatic rings. The lowest BCUT2D eigenvalue weighted by molar-refractivity contribution is 0.147. The van der Waals surface area contributed by atoms with Gasteiger partial charge in [-0.15, -0.1) is 0 Å². The standard InChI is InChI=1S/C19H25NO/c1-15-8-4-6-10-17(15)14-20(3)13-12-19(21)18-11-7-5-9-16(18)2/h4-11,19,21H,12-14H2,1-3H3. The number of hydrogen-bond donors (Lipinski definition) is 1. The SMILES string of the molecule is Cc1ccccc1CN(C)CCC(O)c1ccccc1C. The predicted molar refractivity (Wildman–Crippen MR) is 88.3 cm³/mol. The average Bonchev–Trinajstić information content (AvgIpc) is 2.48. The molecule has 0 aliphatic heterocycles. The van der Waals surface area contributed by atoms with Gasteiger partial charge in [0, 0.05) is 13.1 Å². The molecule has 0 bridgehead atoms. The first kappa shape index (κ1) is 15.7. The molecule has 2 rings (SSSR count). The van der Waals surface area contributed by atoms with Crippen LogP contribution in [0.1, 0.15) is 34.8 Å². The summed E-state index contributed by atoms with van der Waals surface area (Å²) >= 11 is 0. The Morgan fingerprint density at radius 1 is 0.952 bits per heavy atom. The van der Waals surface area contributed by atoms with E-state index in [0.717, 1.165) is 30.6 Å². The van der Waals surface area contributed by atoms with Crippen molar-refractivity contribution in [2.45, 2.75) is 32.9 Å². The van der Waals surface area contributed by atoms with E-state index in [1.54, 1.807) is 0 Å². The number of rotatable bonds is 6. The van der Waals surface area contributed by atoms with Crippen molar-refractivity contribution >= 4 is 0 Å². The molecule has 0 fully saturated rings. The summed E-state index contributed by atoms with van der Waals surface area (Å²) in [5.41, 5.74) is 4.88. The summed E-state index contributed by atoms with van der Waals surface area (Å²) in [5.74, 6) is 0. The highest BCUT2D eigenvalue weighted by atomic mass is 16.3. The van der Waals surface area contributed by atoms with E-state index in [1.807, 2.05) is 18.2 Å². The fourth-order valence-electron chi connectivity index (χ4n) is 2.62. The maximum atomic E-state index is 10.3. The van der Waals surface area contributed by atoms with Gasteiger partial charge in [0.15, 0.2) is 0 Å². The molecule has 0 heterocycles. The maximum absolute atomic E-state index is 10.3. The molecule has 2 nitrogen and oxygen atoms in total. The van der Waals surface area contributed by atoms with Crippen molar-refractivity contribution in [2.75, 3.05) is 13.6 Å². The molecule has 21 heavy (non-hydrogen) atoms. The molecule has 1 unspecified atom stereocenters. The van der Waals surface area contributed by atoms with Crippen LogP contribution in [0.2, 0.25) is 0 Å². The van der Waals surface area contributed by atoms with Gasteiger partial charge in [-0.1, -0.05) is 48.5 Å². The van der Waals surface area contributed by atoms with E-state index in [9.17, 15) is 5.11 Å². The van der Waals surface area contributed by atoms with E-state index < -0.39 is 0 Å².